The van der Waals surface area contributed by atoms with Crippen LogP contribution in [0.4, 0.5) is 5.69 Å². The Morgan fingerprint density at radius 3 is 2.26 bits per heavy atom. The van der Waals surface area contributed by atoms with Gasteiger partial charge in [0.25, 0.3) is 0 Å². The highest BCUT2D eigenvalue weighted by molar-refractivity contribution is 5.66. The highest BCUT2D eigenvalue weighted by Gasteiger charge is 1.97. The van der Waals surface area contributed by atoms with Gasteiger partial charge >= 0.3 is 5.97 Å². The Labute approximate surface area is 112 Å². The third kappa shape index (κ3) is 4.35. The van der Waals surface area contributed by atoms with Crippen molar-refractivity contribution in [1.29, 1.82) is 0 Å². The van der Waals surface area contributed by atoms with Crippen LogP contribution in [0.1, 0.15) is 6.92 Å². The van der Waals surface area contributed by atoms with Crippen molar-refractivity contribution >= 4 is 11.7 Å². The molecular formula is C15H15NO3. The van der Waals surface area contributed by atoms with Crippen molar-refractivity contribution in [2.75, 3.05) is 12.0 Å². The predicted molar refractivity (Wildman–Crippen MR) is 73.2 cm³/mol. The summed E-state index contributed by atoms with van der Waals surface area (Å²) in [6.07, 6.45) is 0. The van der Waals surface area contributed by atoms with Gasteiger partial charge in [0.15, 0.2) is 6.73 Å². The van der Waals surface area contributed by atoms with Gasteiger partial charge in [-0.3, -0.25) is 4.79 Å². The summed E-state index contributed by atoms with van der Waals surface area (Å²) in [5.74, 6) is 1.24. The Morgan fingerprint density at radius 2 is 1.63 bits per heavy atom. The first kappa shape index (κ1) is 13.0. The number of esters is 1. The van der Waals surface area contributed by atoms with Gasteiger partial charge in [-0.1, -0.05) is 18.2 Å². The highest BCUT2D eigenvalue weighted by Crippen LogP contribution is 2.22. The normalized spacial score (nSPS) is 9.74. The summed E-state index contributed by atoms with van der Waals surface area (Å²) >= 11 is 0. The van der Waals surface area contributed by atoms with E-state index in [1.807, 2.05) is 54.6 Å². The van der Waals surface area contributed by atoms with Gasteiger partial charge in [0, 0.05) is 12.6 Å². The third-order valence-corrected chi connectivity index (χ3v) is 2.38. The second kappa shape index (κ2) is 6.44. The summed E-state index contributed by atoms with van der Waals surface area (Å²) in [4.78, 5) is 10.6. The number of para-hydroxylation sites is 1. The van der Waals surface area contributed by atoms with Crippen LogP contribution in [-0.4, -0.2) is 12.7 Å². The second-order valence-corrected chi connectivity index (χ2v) is 3.90. The van der Waals surface area contributed by atoms with Gasteiger partial charge < -0.3 is 14.8 Å². The molecule has 1 N–H and O–H groups in total. The molecule has 0 radical (unpaired) electrons. The van der Waals surface area contributed by atoms with E-state index in [0.29, 0.717) is 0 Å². The number of carbonyl (C=O) groups is 1. The number of carbonyl (C=O) groups excluding carboxylic acids is 1. The van der Waals surface area contributed by atoms with Crippen LogP contribution in [0.2, 0.25) is 0 Å². The molecule has 0 aliphatic rings. The maximum atomic E-state index is 10.6. The zero-order valence-corrected chi connectivity index (χ0v) is 10.6. The summed E-state index contributed by atoms with van der Waals surface area (Å²) in [7, 11) is 0. The minimum atomic E-state index is -0.309. The average molecular weight is 257 g/mol. The van der Waals surface area contributed by atoms with Gasteiger partial charge in [-0.25, -0.2) is 0 Å². The molecule has 0 aromatic heterocycles. The number of nitrogens with one attached hydrogen (secondary N) is 1. The van der Waals surface area contributed by atoms with Gasteiger partial charge in [0.05, 0.1) is 0 Å². The van der Waals surface area contributed by atoms with Crippen LogP contribution in [-0.2, 0) is 9.53 Å². The van der Waals surface area contributed by atoms with E-state index in [1.54, 1.807) is 0 Å². The van der Waals surface area contributed by atoms with Crippen molar-refractivity contribution in [3.8, 4) is 11.5 Å². The minimum absolute atomic E-state index is 0.161. The highest BCUT2D eigenvalue weighted by atomic mass is 16.5. The van der Waals surface area contributed by atoms with Gasteiger partial charge in [-0.2, -0.15) is 0 Å². The topological polar surface area (TPSA) is 47.6 Å². The molecule has 2 aromatic carbocycles. The molecule has 2 aromatic rings. The van der Waals surface area contributed by atoms with Crippen LogP contribution >= 0.6 is 0 Å². The third-order valence-electron chi connectivity index (χ3n) is 2.38. The molecule has 0 saturated carbocycles. The molecule has 19 heavy (non-hydrogen) atoms. The van der Waals surface area contributed by atoms with Crippen LogP contribution in [0.25, 0.3) is 0 Å². The molecule has 0 amide bonds. The fourth-order valence-electron chi connectivity index (χ4n) is 1.49. The monoisotopic (exact) mass is 257 g/mol. The van der Waals surface area contributed by atoms with E-state index in [1.165, 1.54) is 6.92 Å². The van der Waals surface area contributed by atoms with E-state index in [-0.39, 0.29) is 12.7 Å². The smallest absolute Gasteiger partial charge is 0.304 e. The van der Waals surface area contributed by atoms with E-state index >= 15 is 0 Å². The molecule has 0 heterocycles. The number of hydrogen-bond acceptors (Lipinski definition) is 4. The van der Waals surface area contributed by atoms with Gasteiger partial charge in [-0.15, -0.1) is 0 Å². The quantitative estimate of drug-likeness (QED) is 0.658. The van der Waals surface area contributed by atoms with Crippen molar-refractivity contribution in [3.63, 3.8) is 0 Å². The number of benzene rings is 2. The Bertz CT molecular complexity index is 523. The molecule has 0 atom stereocenters. The lowest BCUT2D eigenvalue weighted by Crippen LogP contribution is -2.09. The van der Waals surface area contributed by atoms with E-state index in [4.69, 9.17) is 9.47 Å². The van der Waals surface area contributed by atoms with E-state index in [0.717, 1.165) is 17.2 Å². The van der Waals surface area contributed by atoms with Crippen molar-refractivity contribution in [1.82, 2.24) is 0 Å². The SMILES string of the molecule is CC(=O)OCNc1ccc(Oc2ccccc2)cc1. The fourth-order valence-corrected chi connectivity index (χ4v) is 1.49. The Balaban J connectivity index is 1.89. The summed E-state index contributed by atoms with van der Waals surface area (Å²) in [6, 6.07) is 17.0. The summed E-state index contributed by atoms with van der Waals surface area (Å²) in [5, 5.41) is 2.97. The molecule has 98 valence electrons. The lowest BCUT2D eigenvalue weighted by molar-refractivity contribution is -0.140. The molecule has 0 aliphatic heterocycles. The van der Waals surface area contributed by atoms with Crippen LogP contribution in [0.3, 0.4) is 0 Å². The number of hydrogen-bond donors (Lipinski definition) is 1. The predicted octanol–water partition coefficient (Wildman–Crippen LogP) is 3.41. The maximum Gasteiger partial charge on any atom is 0.304 e. The summed E-state index contributed by atoms with van der Waals surface area (Å²) in [6.45, 7) is 1.53. The Hall–Kier alpha value is -2.49. The van der Waals surface area contributed by atoms with Crippen molar-refractivity contribution < 1.29 is 14.3 Å². The zero-order valence-electron chi connectivity index (χ0n) is 10.6. The van der Waals surface area contributed by atoms with Gasteiger partial charge in [-0.05, 0) is 36.4 Å². The van der Waals surface area contributed by atoms with Gasteiger partial charge in [0.2, 0.25) is 0 Å². The molecule has 0 spiro atoms. The van der Waals surface area contributed by atoms with E-state index in [9.17, 15) is 4.79 Å². The molecule has 0 aliphatic carbocycles. The molecule has 2 rings (SSSR count). The number of ether oxygens (including phenoxy) is 2. The molecule has 4 heteroatoms. The van der Waals surface area contributed by atoms with Gasteiger partial charge in [0.1, 0.15) is 11.5 Å². The van der Waals surface area contributed by atoms with E-state index < -0.39 is 0 Å². The Kier molecular flexibility index (Phi) is 4.39. The second-order valence-electron chi connectivity index (χ2n) is 3.90. The number of rotatable bonds is 5. The zero-order chi connectivity index (χ0) is 13.5. The van der Waals surface area contributed by atoms with Crippen molar-refractivity contribution in [3.05, 3.63) is 54.6 Å². The van der Waals surface area contributed by atoms with Crippen LogP contribution < -0.4 is 10.1 Å². The number of anilines is 1. The molecule has 0 bridgehead atoms. The lowest BCUT2D eigenvalue weighted by Gasteiger charge is -2.08. The standard InChI is InChI=1S/C15H15NO3/c1-12(17)18-11-16-13-7-9-15(10-8-13)19-14-5-3-2-4-6-14/h2-10,16H,11H2,1H3. The molecule has 0 unspecified atom stereocenters. The lowest BCUT2D eigenvalue weighted by atomic mass is 10.3. The first-order valence-corrected chi connectivity index (χ1v) is 5.94. The summed E-state index contributed by atoms with van der Waals surface area (Å²) < 4.78 is 10.5. The Morgan fingerprint density at radius 1 is 1.00 bits per heavy atom. The minimum Gasteiger partial charge on any atom is -0.457 e. The molecule has 4 nitrogen and oxygen atoms in total. The van der Waals surface area contributed by atoms with E-state index in [2.05, 4.69) is 5.32 Å². The van der Waals surface area contributed by atoms with Crippen LogP contribution in [0.15, 0.2) is 54.6 Å². The molecule has 0 fully saturated rings. The first-order valence-electron chi connectivity index (χ1n) is 5.94. The first-order chi connectivity index (χ1) is 9.24. The fraction of sp³-hybridized carbons (Fsp3) is 0.133. The summed E-state index contributed by atoms with van der Waals surface area (Å²) in [5.41, 5.74) is 0.863. The largest absolute Gasteiger partial charge is 0.457 e. The molecule has 0 saturated heterocycles. The van der Waals surface area contributed by atoms with Crippen LogP contribution in [0.5, 0.6) is 11.5 Å². The van der Waals surface area contributed by atoms with Crippen molar-refractivity contribution in [2.24, 2.45) is 0 Å². The molecular weight excluding hydrogens is 242 g/mol. The van der Waals surface area contributed by atoms with Crippen molar-refractivity contribution in [2.45, 2.75) is 6.92 Å². The average Bonchev–Trinajstić information content (AvgIpc) is 2.42. The maximum absolute atomic E-state index is 10.6. The van der Waals surface area contributed by atoms with Crippen LogP contribution in [0, 0.1) is 0 Å².